The first kappa shape index (κ1) is 19.5. The van der Waals surface area contributed by atoms with Crippen LogP contribution in [0.5, 0.6) is 0 Å². The van der Waals surface area contributed by atoms with E-state index in [0.29, 0.717) is 16.9 Å². The van der Waals surface area contributed by atoms with Crippen LogP contribution in [0.25, 0.3) is 0 Å². The Balaban J connectivity index is 1.20. The molecule has 2 aliphatic rings. The van der Waals surface area contributed by atoms with Gasteiger partial charge in [-0.1, -0.05) is 61.4 Å². The maximum absolute atomic E-state index is 12.5. The number of benzene rings is 1. The van der Waals surface area contributed by atoms with Crippen LogP contribution < -0.4 is 0 Å². The number of piperazine rings is 1. The van der Waals surface area contributed by atoms with E-state index in [4.69, 9.17) is 4.42 Å². The zero-order valence-corrected chi connectivity index (χ0v) is 17.1. The van der Waals surface area contributed by atoms with E-state index >= 15 is 0 Å². The predicted octanol–water partition coefficient (Wildman–Crippen LogP) is 3.55. The zero-order valence-electron chi connectivity index (χ0n) is 16.3. The molecule has 150 valence electrons. The number of amides is 1. The van der Waals surface area contributed by atoms with Crippen LogP contribution >= 0.6 is 11.8 Å². The molecule has 6 nitrogen and oxygen atoms in total. The first-order valence-corrected chi connectivity index (χ1v) is 11.3. The van der Waals surface area contributed by atoms with Gasteiger partial charge in [0.15, 0.2) is 0 Å². The number of carbonyl (C=O) groups excluding carboxylic acids is 1. The molecule has 7 heteroatoms. The van der Waals surface area contributed by atoms with Crippen molar-refractivity contribution in [2.45, 2.75) is 49.8 Å². The van der Waals surface area contributed by atoms with Crippen LogP contribution in [0.1, 0.15) is 49.5 Å². The van der Waals surface area contributed by atoms with Crippen molar-refractivity contribution in [2.24, 2.45) is 0 Å². The summed E-state index contributed by atoms with van der Waals surface area (Å²) in [7, 11) is 0. The SMILES string of the molecule is O=C(CSc1nnc(C2CCCCC2)o1)N1CCN(Cc2ccccc2)CC1. The van der Waals surface area contributed by atoms with E-state index in [-0.39, 0.29) is 5.91 Å². The van der Waals surface area contributed by atoms with Crippen molar-refractivity contribution in [3.8, 4) is 0 Å². The lowest BCUT2D eigenvalue weighted by Gasteiger charge is -2.34. The molecule has 0 N–H and O–H groups in total. The molecule has 1 aliphatic carbocycles. The van der Waals surface area contributed by atoms with Crippen LogP contribution in [0.2, 0.25) is 0 Å². The highest BCUT2D eigenvalue weighted by atomic mass is 32.2. The van der Waals surface area contributed by atoms with Gasteiger partial charge in [0.2, 0.25) is 11.8 Å². The van der Waals surface area contributed by atoms with E-state index in [1.165, 1.54) is 36.6 Å². The van der Waals surface area contributed by atoms with E-state index in [0.717, 1.165) is 51.5 Å². The molecule has 1 saturated heterocycles. The van der Waals surface area contributed by atoms with Gasteiger partial charge >= 0.3 is 0 Å². The van der Waals surface area contributed by atoms with Gasteiger partial charge in [-0.05, 0) is 18.4 Å². The Labute approximate surface area is 170 Å². The van der Waals surface area contributed by atoms with Crippen molar-refractivity contribution in [2.75, 3.05) is 31.9 Å². The van der Waals surface area contributed by atoms with Gasteiger partial charge in [0.1, 0.15) is 0 Å². The monoisotopic (exact) mass is 400 g/mol. The molecule has 0 atom stereocenters. The summed E-state index contributed by atoms with van der Waals surface area (Å²) in [5, 5.41) is 8.87. The van der Waals surface area contributed by atoms with Crippen LogP contribution in [-0.4, -0.2) is 57.8 Å². The number of thioether (sulfide) groups is 1. The smallest absolute Gasteiger partial charge is 0.277 e. The van der Waals surface area contributed by atoms with E-state index in [1.54, 1.807) is 0 Å². The Morgan fingerprint density at radius 2 is 1.79 bits per heavy atom. The molecule has 1 aliphatic heterocycles. The van der Waals surface area contributed by atoms with Gasteiger partial charge in [0.25, 0.3) is 5.22 Å². The van der Waals surface area contributed by atoms with Gasteiger partial charge in [-0.3, -0.25) is 9.69 Å². The van der Waals surface area contributed by atoms with Crippen LogP contribution in [0.4, 0.5) is 0 Å². The van der Waals surface area contributed by atoms with E-state index in [1.807, 2.05) is 11.0 Å². The Morgan fingerprint density at radius 3 is 2.54 bits per heavy atom. The van der Waals surface area contributed by atoms with Crippen LogP contribution in [-0.2, 0) is 11.3 Å². The summed E-state index contributed by atoms with van der Waals surface area (Å²) in [6, 6.07) is 10.5. The van der Waals surface area contributed by atoms with E-state index in [9.17, 15) is 4.79 Å². The number of nitrogens with zero attached hydrogens (tertiary/aromatic N) is 4. The number of hydrogen-bond acceptors (Lipinski definition) is 6. The Morgan fingerprint density at radius 1 is 1.04 bits per heavy atom. The average molecular weight is 401 g/mol. The summed E-state index contributed by atoms with van der Waals surface area (Å²) in [6.07, 6.45) is 6.06. The molecule has 2 aromatic rings. The van der Waals surface area contributed by atoms with Crippen molar-refractivity contribution in [3.05, 3.63) is 41.8 Å². The molecule has 4 rings (SSSR count). The first-order chi connectivity index (χ1) is 13.8. The van der Waals surface area contributed by atoms with Gasteiger partial charge in [0, 0.05) is 38.6 Å². The highest BCUT2D eigenvalue weighted by Crippen LogP contribution is 2.32. The minimum atomic E-state index is 0.154. The molecular formula is C21H28N4O2S. The fourth-order valence-corrected chi connectivity index (χ4v) is 4.68. The highest BCUT2D eigenvalue weighted by molar-refractivity contribution is 7.99. The first-order valence-electron chi connectivity index (χ1n) is 10.3. The third kappa shape index (κ3) is 5.14. The van der Waals surface area contributed by atoms with Gasteiger partial charge in [-0.15, -0.1) is 10.2 Å². The van der Waals surface area contributed by atoms with Crippen molar-refractivity contribution in [1.82, 2.24) is 20.0 Å². The maximum Gasteiger partial charge on any atom is 0.277 e. The van der Waals surface area contributed by atoms with Crippen molar-refractivity contribution in [1.29, 1.82) is 0 Å². The van der Waals surface area contributed by atoms with Crippen molar-refractivity contribution in [3.63, 3.8) is 0 Å². The Kier molecular flexibility index (Phi) is 6.65. The summed E-state index contributed by atoms with van der Waals surface area (Å²) in [6.45, 7) is 4.34. The molecule has 1 amide bonds. The molecule has 1 aromatic carbocycles. The van der Waals surface area contributed by atoms with Gasteiger partial charge in [-0.2, -0.15) is 0 Å². The normalized spacial score (nSPS) is 19.1. The maximum atomic E-state index is 12.5. The quantitative estimate of drug-likeness (QED) is 0.691. The van der Waals surface area contributed by atoms with Crippen LogP contribution in [0.15, 0.2) is 40.0 Å². The molecule has 2 fully saturated rings. The summed E-state index contributed by atoms with van der Waals surface area (Å²) in [5.74, 6) is 1.68. The predicted molar refractivity (Wildman–Crippen MR) is 109 cm³/mol. The molecule has 0 radical (unpaired) electrons. The standard InChI is InChI=1S/C21H28N4O2S/c26-19(16-28-21-23-22-20(27-21)18-9-5-2-6-10-18)25-13-11-24(12-14-25)15-17-7-3-1-4-8-17/h1,3-4,7-8,18H,2,5-6,9-16H2. The highest BCUT2D eigenvalue weighted by Gasteiger charge is 2.24. The molecule has 0 bridgehead atoms. The third-order valence-electron chi connectivity index (χ3n) is 5.67. The molecule has 0 unspecified atom stereocenters. The molecule has 1 aromatic heterocycles. The summed E-state index contributed by atoms with van der Waals surface area (Å²) < 4.78 is 5.81. The molecule has 28 heavy (non-hydrogen) atoms. The lowest BCUT2D eigenvalue weighted by Crippen LogP contribution is -2.48. The summed E-state index contributed by atoms with van der Waals surface area (Å²) >= 11 is 1.37. The summed E-state index contributed by atoms with van der Waals surface area (Å²) in [4.78, 5) is 16.9. The Bertz CT molecular complexity index is 753. The number of rotatable bonds is 6. The molecular weight excluding hydrogens is 372 g/mol. The average Bonchev–Trinajstić information content (AvgIpc) is 3.23. The topological polar surface area (TPSA) is 62.5 Å². The van der Waals surface area contributed by atoms with Crippen LogP contribution in [0.3, 0.4) is 0 Å². The van der Waals surface area contributed by atoms with E-state index in [2.05, 4.69) is 39.4 Å². The fraction of sp³-hybridized carbons (Fsp3) is 0.571. The minimum Gasteiger partial charge on any atom is -0.416 e. The second kappa shape index (κ2) is 9.56. The van der Waals surface area contributed by atoms with Crippen molar-refractivity contribution < 1.29 is 9.21 Å². The second-order valence-electron chi connectivity index (χ2n) is 7.67. The van der Waals surface area contributed by atoms with E-state index < -0.39 is 0 Å². The van der Waals surface area contributed by atoms with Gasteiger partial charge in [-0.25, -0.2) is 0 Å². The molecule has 0 spiro atoms. The lowest BCUT2D eigenvalue weighted by molar-refractivity contribution is -0.130. The third-order valence-corrected chi connectivity index (χ3v) is 6.47. The largest absolute Gasteiger partial charge is 0.416 e. The number of carbonyl (C=O) groups is 1. The minimum absolute atomic E-state index is 0.154. The molecule has 1 saturated carbocycles. The second-order valence-corrected chi connectivity index (χ2v) is 8.60. The Hall–Kier alpha value is -1.86. The lowest BCUT2D eigenvalue weighted by atomic mass is 9.89. The molecule has 2 heterocycles. The number of aromatic nitrogens is 2. The number of hydrogen-bond donors (Lipinski definition) is 0. The van der Waals surface area contributed by atoms with Crippen molar-refractivity contribution >= 4 is 17.7 Å². The van der Waals surface area contributed by atoms with Gasteiger partial charge in [0.05, 0.1) is 5.75 Å². The fourth-order valence-electron chi connectivity index (χ4n) is 4.01. The van der Waals surface area contributed by atoms with Crippen LogP contribution in [0, 0.1) is 0 Å². The summed E-state index contributed by atoms with van der Waals surface area (Å²) in [5.41, 5.74) is 1.32. The van der Waals surface area contributed by atoms with Gasteiger partial charge < -0.3 is 9.32 Å². The zero-order chi connectivity index (χ0) is 19.2.